The highest BCUT2D eigenvalue weighted by molar-refractivity contribution is 6.30. The predicted molar refractivity (Wildman–Crippen MR) is 85.8 cm³/mol. The standard InChI is InChI=1S/C16H20ClN3O2/c17-14-3-1-13(2-4-14)16-11-15(22-18-16)12-20-7-5-19(6-8-20)9-10-21/h1-4,11,21H,5-10,12H2. The highest BCUT2D eigenvalue weighted by atomic mass is 35.5. The summed E-state index contributed by atoms with van der Waals surface area (Å²) in [6.45, 7) is 5.70. The first-order valence-electron chi connectivity index (χ1n) is 7.52. The van der Waals surface area contributed by atoms with E-state index in [4.69, 9.17) is 21.2 Å². The Labute approximate surface area is 135 Å². The molecule has 2 heterocycles. The molecule has 1 aromatic carbocycles. The maximum absolute atomic E-state index is 8.96. The summed E-state index contributed by atoms with van der Waals surface area (Å²) in [6.07, 6.45) is 0. The van der Waals surface area contributed by atoms with Gasteiger partial charge in [0.05, 0.1) is 13.2 Å². The molecule has 0 unspecified atom stereocenters. The van der Waals surface area contributed by atoms with Gasteiger partial charge in [-0.25, -0.2) is 0 Å². The lowest BCUT2D eigenvalue weighted by Gasteiger charge is -2.33. The maximum Gasteiger partial charge on any atom is 0.151 e. The van der Waals surface area contributed by atoms with E-state index in [0.29, 0.717) is 5.02 Å². The molecule has 1 aliphatic heterocycles. The second kappa shape index (κ2) is 7.24. The van der Waals surface area contributed by atoms with Crippen LogP contribution in [-0.4, -0.2) is 59.4 Å². The Bertz CT molecular complexity index is 592. The monoisotopic (exact) mass is 321 g/mol. The zero-order valence-electron chi connectivity index (χ0n) is 12.4. The van der Waals surface area contributed by atoms with E-state index in [9.17, 15) is 0 Å². The number of halogens is 1. The Hall–Kier alpha value is -1.40. The molecule has 22 heavy (non-hydrogen) atoms. The summed E-state index contributed by atoms with van der Waals surface area (Å²) in [6, 6.07) is 9.58. The highest BCUT2D eigenvalue weighted by Gasteiger charge is 2.18. The van der Waals surface area contributed by atoms with E-state index in [0.717, 1.165) is 56.3 Å². The van der Waals surface area contributed by atoms with Gasteiger partial charge in [0.25, 0.3) is 0 Å². The largest absolute Gasteiger partial charge is 0.395 e. The van der Waals surface area contributed by atoms with Crippen molar-refractivity contribution in [3.05, 3.63) is 41.1 Å². The maximum atomic E-state index is 8.96. The molecule has 0 amide bonds. The van der Waals surface area contributed by atoms with E-state index in [1.54, 1.807) is 0 Å². The van der Waals surface area contributed by atoms with Gasteiger partial charge in [-0.15, -0.1) is 0 Å². The number of nitrogens with zero attached hydrogens (tertiary/aromatic N) is 3. The molecule has 1 aromatic heterocycles. The van der Waals surface area contributed by atoms with E-state index >= 15 is 0 Å². The molecule has 1 N–H and O–H groups in total. The SMILES string of the molecule is OCCN1CCN(Cc2cc(-c3ccc(Cl)cc3)no2)CC1. The summed E-state index contributed by atoms with van der Waals surface area (Å²) < 4.78 is 5.45. The summed E-state index contributed by atoms with van der Waals surface area (Å²) in [5.41, 5.74) is 1.85. The number of benzene rings is 1. The van der Waals surface area contributed by atoms with Gasteiger partial charge in [0, 0.05) is 49.4 Å². The summed E-state index contributed by atoms with van der Waals surface area (Å²) in [4.78, 5) is 4.62. The predicted octanol–water partition coefficient (Wildman–Crippen LogP) is 2.10. The molecule has 2 aromatic rings. The fourth-order valence-corrected chi connectivity index (χ4v) is 2.80. The molecule has 0 saturated carbocycles. The van der Waals surface area contributed by atoms with Crippen LogP contribution < -0.4 is 0 Å². The minimum absolute atomic E-state index is 0.229. The van der Waals surface area contributed by atoms with Crippen LogP contribution in [-0.2, 0) is 6.54 Å². The van der Waals surface area contributed by atoms with Crippen molar-refractivity contribution < 1.29 is 9.63 Å². The lowest BCUT2D eigenvalue weighted by atomic mass is 10.1. The van der Waals surface area contributed by atoms with Crippen LogP contribution in [0, 0.1) is 0 Å². The molecule has 1 aliphatic rings. The molecule has 118 valence electrons. The van der Waals surface area contributed by atoms with Crippen LogP contribution in [0.1, 0.15) is 5.76 Å². The van der Waals surface area contributed by atoms with Crippen molar-refractivity contribution in [2.24, 2.45) is 0 Å². The van der Waals surface area contributed by atoms with E-state index < -0.39 is 0 Å². The molecule has 0 radical (unpaired) electrons. The van der Waals surface area contributed by atoms with Gasteiger partial charge < -0.3 is 9.63 Å². The molecule has 6 heteroatoms. The van der Waals surface area contributed by atoms with E-state index in [1.807, 2.05) is 30.3 Å². The third-order valence-electron chi connectivity index (χ3n) is 3.96. The zero-order chi connectivity index (χ0) is 15.4. The van der Waals surface area contributed by atoms with Crippen molar-refractivity contribution in [2.45, 2.75) is 6.54 Å². The van der Waals surface area contributed by atoms with Gasteiger partial charge in [-0.2, -0.15) is 0 Å². The van der Waals surface area contributed by atoms with Crippen LogP contribution in [0.5, 0.6) is 0 Å². The number of hydrogen-bond acceptors (Lipinski definition) is 5. The minimum atomic E-state index is 0.229. The first-order valence-corrected chi connectivity index (χ1v) is 7.89. The average Bonchev–Trinajstić information content (AvgIpc) is 2.99. The summed E-state index contributed by atoms with van der Waals surface area (Å²) in [5, 5.41) is 13.8. The second-order valence-electron chi connectivity index (χ2n) is 5.53. The molecule has 1 fully saturated rings. The molecular formula is C16H20ClN3O2. The third kappa shape index (κ3) is 3.87. The highest BCUT2D eigenvalue weighted by Crippen LogP contribution is 2.22. The topological polar surface area (TPSA) is 52.7 Å². The van der Waals surface area contributed by atoms with E-state index in [2.05, 4.69) is 15.0 Å². The van der Waals surface area contributed by atoms with Crippen LogP contribution in [0.3, 0.4) is 0 Å². The summed E-state index contributed by atoms with van der Waals surface area (Å²) in [7, 11) is 0. The Morgan fingerprint density at radius 2 is 1.77 bits per heavy atom. The molecule has 0 atom stereocenters. The molecular weight excluding hydrogens is 302 g/mol. The molecule has 0 spiro atoms. The fraction of sp³-hybridized carbons (Fsp3) is 0.438. The van der Waals surface area contributed by atoms with Crippen LogP contribution in [0.25, 0.3) is 11.3 Å². The molecule has 5 nitrogen and oxygen atoms in total. The van der Waals surface area contributed by atoms with Gasteiger partial charge in [-0.3, -0.25) is 9.80 Å². The van der Waals surface area contributed by atoms with Gasteiger partial charge in [0.1, 0.15) is 5.69 Å². The lowest BCUT2D eigenvalue weighted by molar-refractivity contribution is 0.102. The summed E-state index contributed by atoms with van der Waals surface area (Å²) >= 11 is 5.90. The number of aliphatic hydroxyl groups is 1. The number of hydrogen-bond donors (Lipinski definition) is 1. The first-order chi connectivity index (χ1) is 10.7. The molecule has 0 aliphatic carbocycles. The van der Waals surface area contributed by atoms with Crippen molar-refractivity contribution in [3.8, 4) is 11.3 Å². The smallest absolute Gasteiger partial charge is 0.151 e. The summed E-state index contributed by atoms with van der Waals surface area (Å²) in [5.74, 6) is 0.876. The van der Waals surface area contributed by atoms with Crippen molar-refractivity contribution in [3.63, 3.8) is 0 Å². The molecule has 1 saturated heterocycles. The number of aromatic nitrogens is 1. The average molecular weight is 322 g/mol. The van der Waals surface area contributed by atoms with Crippen LogP contribution in [0.15, 0.2) is 34.9 Å². The Kier molecular flexibility index (Phi) is 5.10. The third-order valence-corrected chi connectivity index (χ3v) is 4.21. The van der Waals surface area contributed by atoms with Crippen molar-refractivity contribution >= 4 is 11.6 Å². The Morgan fingerprint density at radius 1 is 1.09 bits per heavy atom. The Balaban J connectivity index is 1.57. The van der Waals surface area contributed by atoms with E-state index in [1.165, 1.54) is 0 Å². The van der Waals surface area contributed by atoms with Crippen molar-refractivity contribution in [1.29, 1.82) is 0 Å². The first kappa shape index (κ1) is 15.5. The number of aliphatic hydroxyl groups excluding tert-OH is 1. The number of β-amino-alcohol motifs (C(OH)–C–C–N with tert-alkyl or cyclic N) is 1. The van der Waals surface area contributed by atoms with Crippen LogP contribution >= 0.6 is 11.6 Å². The normalized spacial score (nSPS) is 17.0. The fourth-order valence-electron chi connectivity index (χ4n) is 2.68. The quantitative estimate of drug-likeness (QED) is 0.914. The van der Waals surface area contributed by atoms with E-state index in [-0.39, 0.29) is 6.61 Å². The van der Waals surface area contributed by atoms with Gasteiger partial charge in [0.2, 0.25) is 0 Å². The second-order valence-corrected chi connectivity index (χ2v) is 5.96. The minimum Gasteiger partial charge on any atom is -0.395 e. The van der Waals surface area contributed by atoms with Crippen LogP contribution in [0.4, 0.5) is 0 Å². The van der Waals surface area contributed by atoms with Gasteiger partial charge in [0.15, 0.2) is 5.76 Å². The van der Waals surface area contributed by atoms with Gasteiger partial charge in [-0.05, 0) is 12.1 Å². The molecule has 3 rings (SSSR count). The molecule has 0 bridgehead atoms. The Morgan fingerprint density at radius 3 is 2.45 bits per heavy atom. The van der Waals surface area contributed by atoms with Crippen LogP contribution in [0.2, 0.25) is 5.02 Å². The van der Waals surface area contributed by atoms with Crippen molar-refractivity contribution in [1.82, 2.24) is 15.0 Å². The van der Waals surface area contributed by atoms with Crippen molar-refractivity contribution in [2.75, 3.05) is 39.3 Å². The van der Waals surface area contributed by atoms with Gasteiger partial charge in [-0.1, -0.05) is 28.9 Å². The number of rotatable bonds is 5. The number of piperazine rings is 1. The zero-order valence-corrected chi connectivity index (χ0v) is 13.2. The van der Waals surface area contributed by atoms with Gasteiger partial charge >= 0.3 is 0 Å². The lowest BCUT2D eigenvalue weighted by Crippen LogP contribution is -2.46.